The zero-order valence-corrected chi connectivity index (χ0v) is 21.0. The van der Waals surface area contributed by atoms with E-state index in [9.17, 15) is 8.42 Å². The van der Waals surface area contributed by atoms with Crippen molar-refractivity contribution in [2.45, 2.75) is 30.3 Å². The third-order valence-electron chi connectivity index (χ3n) is 6.46. The first kappa shape index (κ1) is 23.8. The fraction of sp³-hybridized carbons (Fsp3) is 0.308. The van der Waals surface area contributed by atoms with Gasteiger partial charge in [-0.1, -0.05) is 29.8 Å². The molecule has 2 aliphatic heterocycles. The molecule has 3 aromatic rings. The standard InChI is InChI=1S/C26H27ClN2O5S/c1-32-24-5-3-2-4-19(24)17-28-14-12-21(13-15-28)29(22-8-11-25-26(16-22)34-18-33-25)35(30,31)23-9-6-20(27)7-10-23/h2-11,16,21H,12-15,17-18H2,1H3. The Labute approximate surface area is 210 Å². The third kappa shape index (κ3) is 4.91. The molecule has 3 aromatic carbocycles. The topological polar surface area (TPSA) is 68.3 Å². The summed E-state index contributed by atoms with van der Waals surface area (Å²) in [6.45, 7) is 2.41. The Kier molecular flexibility index (Phi) is 6.77. The summed E-state index contributed by atoms with van der Waals surface area (Å²) in [5.74, 6) is 2.03. The second-order valence-electron chi connectivity index (χ2n) is 8.61. The number of anilines is 1. The van der Waals surface area contributed by atoms with Crippen LogP contribution in [-0.4, -0.2) is 46.4 Å². The van der Waals surface area contributed by atoms with Gasteiger partial charge in [-0.3, -0.25) is 9.21 Å². The van der Waals surface area contributed by atoms with E-state index in [2.05, 4.69) is 11.0 Å². The van der Waals surface area contributed by atoms with Crippen LogP contribution in [0.2, 0.25) is 5.02 Å². The van der Waals surface area contributed by atoms with Gasteiger partial charge >= 0.3 is 0 Å². The van der Waals surface area contributed by atoms with Crippen LogP contribution in [0.3, 0.4) is 0 Å². The SMILES string of the molecule is COc1ccccc1CN1CCC(N(c2ccc3c(c2)OCO3)S(=O)(=O)c2ccc(Cl)cc2)CC1. The number of hydrogen-bond donors (Lipinski definition) is 0. The Bertz CT molecular complexity index is 1290. The van der Waals surface area contributed by atoms with Gasteiger partial charge in [-0.2, -0.15) is 0 Å². The monoisotopic (exact) mass is 514 g/mol. The Morgan fingerprint density at radius 2 is 1.71 bits per heavy atom. The Morgan fingerprint density at radius 3 is 2.46 bits per heavy atom. The van der Waals surface area contributed by atoms with Gasteiger partial charge in [0.1, 0.15) is 5.75 Å². The number of halogens is 1. The van der Waals surface area contributed by atoms with Crippen molar-refractivity contribution in [3.8, 4) is 17.2 Å². The van der Waals surface area contributed by atoms with Crippen molar-refractivity contribution in [1.82, 2.24) is 4.90 Å². The number of benzene rings is 3. The van der Waals surface area contributed by atoms with E-state index in [1.54, 1.807) is 53.9 Å². The van der Waals surface area contributed by atoms with Crippen molar-refractivity contribution in [3.05, 3.63) is 77.3 Å². The van der Waals surface area contributed by atoms with Crippen molar-refractivity contribution in [2.75, 3.05) is 31.3 Å². The molecule has 5 rings (SSSR count). The summed E-state index contributed by atoms with van der Waals surface area (Å²) in [5, 5.41) is 0.489. The molecule has 184 valence electrons. The number of hydrogen-bond acceptors (Lipinski definition) is 6. The summed E-state index contributed by atoms with van der Waals surface area (Å²) < 4.78 is 45.8. The number of para-hydroxylation sites is 1. The van der Waals surface area contributed by atoms with Gasteiger partial charge in [0.05, 0.1) is 17.7 Å². The summed E-state index contributed by atoms with van der Waals surface area (Å²) in [6, 6.07) is 19.4. The van der Waals surface area contributed by atoms with Crippen molar-refractivity contribution in [1.29, 1.82) is 0 Å². The van der Waals surface area contributed by atoms with E-state index < -0.39 is 10.0 Å². The molecular formula is C26H27ClN2O5S. The van der Waals surface area contributed by atoms with E-state index in [-0.39, 0.29) is 17.7 Å². The first-order valence-corrected chi connectivity index (χ1v) is 13.3. The molecule has 0 atom stereocenters. The number of methoxy groups -OCH3 is 1. The lowest BCUT2D eigenvalue weighted by molar-refractivity contribution is 0.174. The lowest BCUT2D eigenvalue weighted by Gasteiger charge is -2.39. The maximum Gasteiger partial charge on any atom is 0.264 e. The van der Waals surface area contributed by atoms with E-state index in [4.69, 9.17) is 25.8 Å². The molecule has 0 N–H and O–H groups in total. The molecule has 0 radical (unpaired) electrons. The van der Waals surface area contributed by atoms with E-state index in [1.807, 2.05) is 18.2 Å². The van der Waals surface area contributed by atoms with Gasteiger partial charge in [-0.15, -0.1) is 0 Å². The molecule has 0 bridgehead atoms. The van der Waals surface area contributed by atoms with E-state index in [0.29, 0.717) is 35.1 Å². The zero-order valence-electron chi connectivity index (χ0n) is 19.4. The zero-order chi connectivity index (χ0) is 24.4. The number of sulfonamides is 1. The van der Waals surface area contributed by atoms with Crippen LogP contribution in [0.25, 0.3) is 0 Å². The number of rotatable bonds is 7. The number of ether oxygens (including phenoxy) is 3. The maximum atomic E-state index is 13.9. The molecule has 0 unspecified atom stereocenters. The van der Waals surface area contributed by atoms with Gasteiger partial charge in [0.25, 0.3) is 10.0 Å². The molecule has 0 saturated carbocycles. The van der Waals surface area contributed by atoms with Crippen LogP contribution >= 0.6 is 11.6 Å². The van der Waals surface area contributed by atoms with Gasteiger partial charge in [-0.05, 0) is 55.3 Å². The van der Waals surface area contributed by atoms with Crippen LogP contribution in [-0.2, 0) is 16.6 Å². The highest BCUT2D eigenvalue weighted by Crippen LogP contribution is 2.39. The van der Waals surface area contributed by atoms with Crippen LogP contribution in [0.4, 0.5) is 5.69 Å². The number of likely N-dealkylation sites (tertiary alicyclic amines) is 1. The molecule has 1 fully saturated rings. The first-order valence-electron chi connectivity index (χ1n) is 11.5. The van der Waals surface area contributed by atoms with Crippen LogP contribution in [0.5, 0.6) is 17.2 Å². The average Bonchev–Trinajstić information content (AvgIpc) is 3.34. The van der Waals surface area contributed by atoms with Crippen LogP contribution in [0.15, 0.2) is 71.6 Å². The Morgan fingerprint density at radius 1 is 1.00 bits per heavy atom. The normalized spacial score (nSPS) is 16.3. The minimum absolute atomic E-state index is 0.129. The molecule has 0 amide bonds. The third-order valence-corrected chi connectivity index (χ3v) is 8.60. The van der Waals surface area contributed by atoms with E-state index >= 15 is 0 Å². The molecule has 2 aliphatic rings. The second kappa shape index (κ2) is 9.97. The number of nitrogens with zero attached hydrogens (tertiary/aromatic N) is 2. The van der Waals surface area contributed by atoms with Crippen LogP contribution in [0, 0.1) is 0 Å². The van der Waals surface area contributed by atoms with Crippen LogP contribution < -0.4 is 18.5 Å². The molecule has 0 aromatic heterocycles. The van der Waals surface area contributed by atoms with Crippen LogP contribution in [0.1, 0.15) is 18.4 Å². The van der Waals surface area contributed by atoms with Crippen molar-refractivity contribution < 1.29 is 22.6 Å². The van der Waals surface area contributed by atoms with Gasteiger partial charge in [0, 0.05) is 42.3 Å². The molecule has 35 heavy (non-hydrogen) atoms. The molecule has 9 heteroatoms. The molecule has 2 heterocycles. The van der Waals surface area contributed by atoms with Crippen molar-refractivity contribution >= 4 is 27.3 Å². The average molecular weight is 515 g/mol. The largest absolute Gasteiger partial charge is 0.496 e. The minimum Gasteiger partial charge on any atom is -0.496 e. The van der Waals surface area contributed by atoms with E-state index in [0.717, 1.165) is 30.9 Å². The molecule has 0 aliphatic carbocycles. The lowest BCUT2D eigenvalue weighted by atomic mass is 10.0. The molecule has 7 nitrogen and oxygen atoms in total. The quantitative estimate of drug-likeness (QED) is 0.445. The fourth-order valence-electron chi connectivity index (χ4n) is 4.67. The summed E-state index contributed by atoms with van der Waals surface area (Å²) in [6.07, 6.45) is 1.38. The number of fused-ring (bicyclic) bond motifs is 1. The fourth-order valence-corrected chi connectivity index (χ4v) is 6.50. The predicted octanol–water partition coefficient (Wildman–Crippen LogP) is 4.94. The highest BCUT2D eigenvalue weighted by molar-refractivity contribution is 7.92. The second-order valence-corrected chi connectivity index (χ2v) is 10.9. The first-order chi connectivity index (χ1) is 17.0. The van der Waals surface area contributed by atoms with Gasteiger partial charge in [-0.25, -0.2) is 8.42 Å². The Hall–Kier alpha value is -2.94. The Balaban J connectivity index is 1.41. The minimum atomic E-state index is -3.84. The number of piperidine rings is 1. The molecule has 1 saturated heterocycles. The van der Waals surface area contributed by atoms with E-state index in [1.165, 1.54) is 0 Å². The molecular weight excluding hydrogens is 488 g/mol. The summed E-state index contributed by atoms with van der Waals surface area (Å²) >= 11 is 6.02. The predicted molar refractivity (Wildman–Crippen MR) is 135 cm³/mol. The summed E-state index contributed by atoms with van der Waals surface area (Å²) in [7, 11) is -2.16. The van der Waals surface area contributed by atoms with Crippen molar-refractivity contribution in [3.63, 3.8) is 0 Å². The summed E-state index contributed by atoms with van der Waals surface area (Å²) in [5.41, 5.74) is 1.68. The maximum absolute atomic E-state index is 13.9. The summed E-state index contributed by atoms with van der Waals surface area (Å²) in [4.78, 5) is 2.54. The van der Waals surface area contributed by atoms with Crippen molar-refractivity contribution in [2.24, 2.45) is 0 Å². The van der Waals surface area contributed by atoms with Gasteiger partial charge < -0.3 is 14.2 Å². The van der Waals surface area contributed by atoms with Gasteiger partial charge in [0.2, 0.25) is 6.79 Å². The lowest BCUT2D eigenvalue weighted by Crippen LogP contribution is -2.47. The highest BCUT2D eigenvalue weighted by Gasteiger charge is 2.35. The smallest absolute Gasteiger partial charge is 0.264 e. The highest BCUT2D eigenvalue weighted by atomic mass is 35.5. The van der Waals surface area contributed by atoms with Gasteiger partial charge in [0.15, 0.2) is 11.5 Å². The molecule has 0 spiro atoms.